The molecule has 1 N–H and O–H groups in total. The molecule has 12 heteroatoms. The standard InChI is InChI=1S/C23H13Cl2F3N2O4S/c24-13-4-6-16(17(25)9-13)18-7-5-15(34-18)10-19-21(32)30(22(33)35-19)11-20(31)29-14-3-1-2-12(8-14)23(26,27)28/h1-10H,11H2,(H,29,31)/b19-10-. The van der Waals surface area contributed by atoms with Crippen LogP contribution in [0.25, 0.3) is 17.4 Å². The van der Waals surface area contributed by atoms with Crippen molar-refractivity contribution < 1.29 is 32.0 Å². The highest BCUT2D eigenvalue weighted by molar-refractivity contribution is 8.18. The number of halogens is 5. The normalized spacial score (nSPS) is 15.2. The van der Waals surface area contributed by atoms with Crippen LogP contribution in [0.3, 0.4) is 0 Å². The Hall–Kier alpha value is -3.21. The maximum Gasteiger partial charge on any atom is 0.416 e. The van der Waals surface area contributed by atoms with Crippen LogP contribution < -0.4 is 5.32 Å². The Kier molecular flexibility index (Phi) is 6.98. The number of rotatable bonds is 5. The summed E-state index contributed by atoms with van der Waals surface area (Å²) in [5, 5.41) is 2.38. The zero-order chi connectivity index (χ0) is 25.3. The number of imide groups is 1. The summed E-state index contributed by atoms with van der Waals surface area (Å²) < 4.78 is 44.3. The topological polar surface area (TPSA) is 79.6 Å². The second-order valence-electron chi connectivity index (χ2n) is 7.22. The maximum atomic E-state index is 12.9. The molecule has 1 aliphatic heterocycles. The first-order valence-electron chi connectivity index (χ1n) is 9.79. The van der Waals surface area contributed by atoms with E-state index in [-0.39, 0.29) is 16.4 Å². The van der Waals surface area contributed by atoms with Gasteiger partial charge >= 0.3 is 6.18 Å². The average molecular weight is 541 g/mol. The van der Waals surface area contributed by atoms with E-state index in [0.29, 0.717) is 38.0 Å². The first-order valence-corrected chi connectivity index (χ1v) is 11.4. The number of nitrogens with zero attached hydrogens (tertiary/aromatic N) is 1. The summed E-state index contributed by atoms with van der Waals surface area (Å²) >= 11 is 12.7. The first-order chi connectivity index (χ1) is 16.5. The minimum Gasteiger partial charge on any atom is -0.457 e. The van der Waals surface area contributed by atoms with Gasteiger partial charge in [-0.25, -0.2) is 0 Å². The van der Waals surface area contributed by atoms with Crippen LogP contribution in [-0.2, 0) is 15.8 Å². The summed E-state index contributed by atoms with van der Waals surface area (Å²) in [6.07, 6.45) is -3.23. The molecule has 2 aromatic carbocycles. The van der Waals surface area contributed by atoms with Crippen molar-refractivity contribution >= 4 is 63.8 Å². The van der Waals surface area contributed by atoms with Gasteiger partial charge in [0.1, 0.15) is 18.1 Å². The van der Waals surface area contributed by atoms with Gasteiger partial charge in [-0.3, -0.25) is 19.3 Å². The summed E-state index contributed by atoms with van der Waals surface area (Å²) in [5.41, 5.74) is -0.478. The van der Waals surface area contributed by atoms with E-state index >= 15 is 0 Å². The molecule has 2 heterocycles. The minimum absolute atomic E-state index is 0.0185. The van der Waals surface area contributed by atoms with Crippen LogP contribution in [-0.4, -0.2) is 28.5 Å². The van der Waals surface area contributed by atoms with Crippen LogP contribution in [0.2, 0.25) is 10.0 Å². The second-order valence-corrected chi connectivity index (χ2v) is 9.06. The Morgan fingerprint density at radius 3 is 2.57 bits per heavy atom. The smallest absolute Gasteiger partial charge is 0.416 e. The zero-order valence-electron chi connectivity index (χ0n) is 17.4. The number of benzene rings is 2. The summed E-state index contributed by atoms with van der Waals surface area (Å²) in [6.45, 7) is -0.665. The number of alkyl halides is 3. The van der Waals surface area contributed by atoms with Gasteiger partial charge < -0.3 is 9.73 Å². The predicted molar refractivity (Wildman–Crippen MR) is 127 cm³/mol. The molecule has 4 rings (SSSR count). The Labute approximate surface area is 210 Å². The number of hydrogen-bond acceptors (Lipinski definition) is 5. The van der Waals surface area contributed by atoms with Gasteiger partial charge in [-0.05, 0) is 60.3 Å². The molecule has 0 radical (unpaired) electrons. The van der Waals surface area contributed by atoms with Crippen molar-refractivity contribution in [3.63, 3.8) is 0 Å². The molecule has 1 saturated heterocycles. The summed E-state index contributed by atoms with van der Waals surface area (Å²) in [5.74, 6) is -0.880. The highest BCUT2D eigenvalue weighted by Gasteiger charge is 2.37. The lowest BCUT2D eigenvalue weighted by Gasteiger charge is -2.13. The van der Waals surface area contributed by atoms with E-state index in [1.807, 2.05) is 0 Å². The van der Waals surface area contributed by atoms with Gasteiger partial charge in [-0.1, -0.05) is 29.3 Å². The fourth-order valence-electron chi connectivity index (χ4n) is 3.15. The molecular formula is C23H13Cl2F3N2O4S. The Morgan fingerprint density at radius 2 is 1.86 bits per heavy atom. The molecule has 3 amide bonds. The average Bonchev–Trinajstić information content (AvgIpc) is 3.33. The Morgan fingerprint density at radius 1 is 1.09 bits per heavy atom. The highest BCUT2D eigenvalue weighted by Crippen LogP contribution is 2.35. The number of nitrogens with one attached hydrogen (secondary N) is 1. The van der Waals surface area contributed by atoms with Crippen molar-refractivity contribution in [3.05, 3.63) is 80.9 Å². The zero-order valence-corrected chi connectivity index (χ0v) is 19.7. The monoisotopic (exact) mass is 540 g/mol. The number of furan rings is 1. The number of carbonyl (C=O) groups is 3. The molecule has 1 fully saturated rings. The summed E-state index contributed by atoms with van der Waals surface area (Å²) in [4.78, 5) is 38.0. The van der Waals surface area contributed by atoms with E-state index in [1.165, 1.54) is 12.1 Å². The van der Waals surface area contributed by atoms with Crippen molar-refractivity contribution in [3.8, 4) is 11.3 Å². The molecule has 1 aliphatic rings. The Balaban J connectivity index is 1.45. The molecule has 3 aromatic rings. The van der Waals surface area contributed by atoms with Crippen molar-refractivity contribution in [1.82, 2.24) is 4.90 Å². The van der Waals surface area contributed by atoms with Crippen LogP contribution in [0.5, 0.6) is 0 Å². The molecular weight excluding hydrogens is 528 g/mol. The molecule has 0 unspecified atom stereocenters. The first kappa shape index (κ1) is 24.9. The van der Waals surface area contributed by atoms with Crippen LogP contribution in [0.1, 0.15) is 11.3 Å². The van der Waals surface area contributed by atoms with E-state index in [1.54, 1.807) is 30.3 Å². The molecule has 0 bridgehead atoms. The van der Waals surface area contributed by atoms with Gasteiger partial charge in [0.2, 0.25) is 5.91 Å². The lowest BCUT2D eigenvalue weighted by Crippen LogP contribution is -2.36. The van der Waals surface area contributed by atoms with Crippen molar-refractivity contribution in [2.24, 2.45) is 0 Å². The van der Waals surface area contributed by atoms with E-state index in [2.05, 4.69) is 5.32 Å². The quantitative estimate of drug-likeness (QED) is 0.354. The van der Waals surface area contributed by atoms with Gasteiger partial charge in [0.25, 0.3) is 11.1 Å². The second kappa shape index (κ2) is 9.80. The van der Waals surface area contributed by atoms with Gasteiger partial charge in [-0.2, -0.15) is 13.2 Å². The van der Waals surface area contributed by atoms with Crippen LogP contribution >= 0.6 is 35.0 Å². The van der Waals surface area contributed by atoms with Gasteiger partial charge in [-0.15, -0.1) is 0 Å². The molecule has 0 spiro atoms. The minimum atomic E-state index is -4.58. The third kappa shape index (κ3) is 5.72. The largest absolute Gasteiger partial charge is 0.457 e. The van der Waals surface area contributed by atoms with E-state index in [9.17, 15) is 27.6 Å². The van der Waals surface area contributed by atoms with Gasteiger partial charge in [0.15, 0.2) is 0 Å². The molecule has 35 heavy (non-hydrogen) atoms. The number of amides is 3. The molecule has 6 nitrogen and oxygen atoms in total. The van der Waals surface area contributed by atoms with E-state index < -0.39 is 35.3 Å². The van der Waals surface area contributed by atoms with E-state index in [4.69, 9.17) is 27.6 Å². The van der Waals surface area contributed by atoms with Crippen LogP contribution in [0.4, 0.5) is 23.7 Å². The lowest BCUT2D eigenvalue weighted by molar-refractivity contribution is -0.137. The summed E-state index contributed by atoms with van der Waals surface area (Å²) in [6, 6.07) is 12.1. The predicted octanol–water partition coefficient (Wildman–Crippen LogP) is 6.95. The van der Waals surface area contributed by atoms with Gasteiger partial charge in [0, 0.05) is 22.3 Å². The molecule has 0 saturated carbocycles. The molecule has 1 aromatic heterocycles. The molecule has 180 valence electrons. The highest BCUT2D eigenvalue weighted by atomic mass is 35.5. The molecule has 0 atom stereocenters. The third-order valence-corrected chi connectivity index (χ3v) is 6.20. The summed E-state index contributed by atoms with van der Waals surface area (Å²) in [7, 11) is 0. The number of carbonyl (C=O) groups excluding carboxylic acids is 3. The number of anilines is 1. The van der Waals surface area contributed by atoms with Crippen molar-refractivity contribution in [2.45, 2.75) is 6.18 Å². The Bertz CT molecular complexity index is 1370. The van der Waals surface area contributed by atoms with Crippen LogP contribution in [0, 0.1) is 0 Å². The fourth-order valence-corrected chi connectivity index (χ4v) is 4.47. The number of hydrogen-bond donors (Lipinski definition) is 1. The fraction of sp³-hybridized carbons (Fsp3) is 0.0870. The maximum absolute atomic E-state index is 12.9. The van der Waals surface area contributed by atoms with Crippen LogP contribution in [0.15, 0.2) is 63.9 Å². The van der Waals surface area contributed by atoms with Crippen molar-refractivity contribution in [1.29, 1.82) is 0 Å². The molecule has 0 aliphatic carbocycles. The number of thioether (sulfide) groups is 1. The van der Waals surface area contributed by atoms with Crippen molar-refractivity contribution in [2.75, 3.05) is 11.9 Å². The lowest BCUT2D eigenvalue weighted by atomic mass is 10.2. The third-order valence-electron chi connectivity index (χ3n) is 4.75. The van der Waals surface area contributed by atoms with E-state index in [0.717, 1.165) is 18.2 Å². The van der Waals surface area contributed by atoms with Gasteiger partial charge in [0.05, 0.1) is 15.5 Å². The SMILES string of the molecule is O=C(CN1C(=O)S/C(=C\c2ccc(-c3ccc(Cl)cc3Cl)o2)C1=O)Nc1cccc(C(F)(F)F)c1.